The van der Waals surface area contributed by atoms with Crippen LogP contribution < -0.4 is 5.32 Å². The van der Waals surface area contributed by atoms with Gasteiger partial charge in [-0.25, -0.2) is 4.79 Å². The summed E-state index contributed by atoms with van der Waals surface area (Å²) in [7, 11) is 1.23. The zero-order valence-electron chi connectivity index (χ0n) is 13.1. The molecule has 0 spiro atoms. The Morgan fingerprint density at radius 2 is 2.12 bits per heavy atom. The molecule has 0 bridgehead atoms. The average molecular weight is 336 g/mol. The molecule has 0 unspecified atom stereocenters. The van der Waals surface area contributed by atoms with Gasteiger partial charge in [-0.3, -0.25) is 24.3 Å². The molecule has 2 aromatic rings. The highest BCUT2D eigenvalue weighted by Crippen LogP contribution is 2.15. The van der Waals surface area contributed by atoms with Crippen LogP contribution in [0.25, 0.3) is 0 Å². The van der Waals surface area contributed by atoms with Crippen LogP contribution in [0.2, 0.25) is 0 Å². The number of nitrogens with one attached hydrogen (secondary N) is 1. The van der Waals surface area contributed by atoms with E-state index in [9.17, 15) is 19.7 Å². The van der Waals surface area contributed by atoms with Crippen LogP contribution in [-0.4, -0.2) is 43.5 Å². The smallest absolute Gasteiger partial charge is 0.360 e. The van der Waals surface area contributed by atoms with E-state index >= 15 is 0 Å². The molecule has 0 aliphatic carbocycles. The third-order valence-electron chi connectivity index (χ3n) is 3.14. The van der Waals surface area contributed by atoms with Crippen molar-refractivity contribution in [2.24, 2.45) is 0 Å². The summed E-state index contributed by atoms with van der Waals surface area (Å²) in [5.74, 6) is -1.03. The number of aromatic nitrogens is 4. The highest BCUT2D eigenvalue weighted by atomic mass is 16.6. The first-order valence-corrected chi connectivity index (χ1v) is 7.07. The van der Waals surface area contributed by atoms with Crippen LogP contribution in [0.4, 0.5) is 11.4 Å². The Bertz CT molecular complexity index is 765. The second-order valence-corrected chi connectivity index (χ2v) is 4.76. The number of anilines is 1. The molecular weight excluding hydrogens is 320 g/mol. The van der Waals surface area contributed by atoms with E-state index < -0.39 is 10.9 Å². The zero-order chi connectivity index (χ0) is 17.7. The van der Waals surface area contributed by atoms with E-state index in [-0.39, 0.29) is 35.9 Å². The number of methoxy groups -OCH3 is 1. The van der Waals surface area contributed by atoms with E-state index in [1.165, 1.54) is 28.9 Å². The van der Waals surface area contributed by atoms with E-state index in [4.69, 9.17) is 0 Å². The monoisotopic (exact) mass is 336 g/mol. The van der Waals surface area contributed by atoms with Crippen molar-refractivity contribution in [1.29, 1.82) is 0 Å². The number of rotatable bonds is 7. The molecule has 128 valence electrons. The summed E-state index contributed by atoms with van der Waals surface area (Å²) in [6.07, 6.45) is 3.90. The number of aryl methyl sites for hydroxylation is 2. The van der Waals surface area contributed by atoms with Crippen molar-refractivity contribution < 1.29 is 19.2 Å². The summed E-state index contributed by atoms with van der Waals surface area (Å²) in [6.45, 7) is 2.52. The fourth-order valence-corrected chi connectivity index (χ4v) is 1.92. The van der Waals surface area contributed by atoms with Crippen molar-refractivity contribution in [3.05, 3.63) is 34.4 Å². The van der Waals surface area contributed by atoms with Gasteiger partial charge in [0.2, 0.25) is 5.91 Å². The standard InChI is InChI=1S/C13H16N6O5/c1-3-17-8-10(12(16-17)13(21)24-2)15-11(20)4-5-18-7-9(6-14-18)19(22)23/h6-8H,3-5H2,1-2H3,(H,15,20). The van der Waals surface area contributed by atoms with Gasteiger partial charge in [0, 0.05) is 25.7 Å². The molecule has 2 aromatic heterocycles. The first-order valence-electron chi connectivity index (χ1n) is 7.07. The highest BCUT2D eigenvalue weighted by Gasteiger charge is 2.19. The minimum absolute atomic E-state index is 0.0161. The van der Waals surface area contributed by atoms with Crippen LogP contribution in [0.15, 0.2) is 18.6 Å². The molecule has 1 N–H and O–H groups in total. The summed E-state index contributed by atoms with van der Waals surface area (Å²) in [5.41, 5.74) is 0.121. The number of hydrogen-bond donors (Lipinski definition) is 1. The van der Waals surface area contributed by atoms with E-state index in [0.29, 0.717) is 6.54 Å². The Morgan fingerprint density at radius 1 is 1.38 bits per heavy atom. The Kier molecular flexibility index (Phi) is 5.24. The van der Waals surface area contributed by atoms with Crippen LogP contribution in [0.3, 0.4) is 0 Å². The third kappa shape index (κ3) is 3.94. The molecule has 0 saturated carbocycles. The largest absolute Gasteiger partial charge is 0.464 e. The number of nitro groups is 1. The SMILES string of the molecule is CCn1cc(NC(=O)CCn2cc([N+](=O)[O-])cn2)c(C(=O)OC)n1. The van der Waals surface area contributed by atoms with Gasteiger partial charge in [0.05, 0.1) is 17.7 Å². The quantitative estimate of drug-likeness (QED) is 0.449. The zero-order valence-corrected chi connectivity index (χ0v) is 13.1. The maximum absolute atomic E-state index is 12.0. The minimum Gasteiger partial charge on any atom is -0.464 e. The molecule has 0 aliphatic rings. The van der Waals surface area contributed by atoms with Crippen LogP contribution in [-0.2, 0) is 22.6 Å². The van der Waals surface area contributed by atoms with E-state index in [0.717, 1.165) is 6.20 Å². The molecule has 0 saturated heterocycles. The number of hydrogen-bond acceptors (Lipinski definition) is 7. The fourth-order valence-electron chi connectivity index (χ4n) is 1.92. The minimum atomic E-state index is -0.653. The van der Waals surface area contributed by atoms with Gasteiger partial charge >= 0.3 is 11.7 Å². The van der Waals surface area contributed by atoms with E-state index in [2.05, 4.69) is 20.3 Å². The lowest BCUT2D eigenvalue weighted by atomic mass is 10.3. The van der Waals surface area contributed by atoms with Gasteiger partial charge in [-0.05, 0) is 6.92 Å². The summed E-state index contributed by atoms with van der Waals surface area (Å²) in [5, 5.41) is 21.0. The number of nitrogens with zero attached hydrogens (tertiary/aromatic N) is 5. The van der Waals surface area contributed by atoms with Crippen molar-refractivity contribution in [2.75, 3.05) is 12.4 Å². The number of carbonyl (C=O) groups excluding carboxylic acids is 2. The predicted octanol–water partition coefficient (Wildman–Crippen LogP) is 0.823. The molecule has 2 rings (SSSR count). The first-order chi connectivity index (χ1) is 11.4. The first kappa shape index (κ1) is 17.1. The summed E-state index contributed by atoms with van der Waals surface area (Å²) < 4.78 is 7.43. The van der Waals surface area contributed by atoms with Gasteiger partial charge in [0.1, 0.15) is 12.4 Å². The molecule has 24 heavy (non-hydrogen) atoms. The number of amides is 1. The van der Waals surface area contributed by atoms with Gasteiger partial charge in [-0.2, -0.15) is 10.2 Å². The van der Waals surface area contributed by atoms with Crippen LogP contribution in [0, 0.1) is 10.1 Å². The fraction of sp³-hybridized carbons (Fsp3) is 0.385. The van der Waals surface area contributed by atoms with Crippen molar-refractivity contribution in [3.8, 4) is 0 Å². The highest BCUT2D eigenvalue weighted by molar-refractivity contribution is 5.99. The number of carbonyl (C=O) groups is 2. The second-order valence-electron chi connectivity index (χ2n) is 4.76. The van der Waals surface area contributed by atoms with Gasteiger partial charge in [-0.1, -0.05) is 0 Å². The van der Waals surface area contributed by atoms with Gasteiger partial charge in [0.15, 0.2) is 5.69 Å². The molecule has 2 heterocycles. The molecule has 11 nitrogen and oxygen atoms in total. The molecular formula is C13H16N6O5. The molecule has 11 heteroatoms. The molecule has 0 atom stereocenters. The Morgan fingerprint density at radius 3 is 2.71 bits per heavy atom. The summed E-state index contributed by atoms with van der Waals surface area (Å²) >= 11 is 0. The topological polar surface area (TPSA) is 134 Å². The molecule has 0 radical (unpaired) electrons. The van der Waals surface area contributed by atoms with Crippen LogP contribution >= 0.6 is 0 Å². The molecule has 0 fully saturated rings. The number of ether oxygens (including phenoxy) is 1. The van der Waals surface area contributed by atoms with E-state index in [1.807, 2.05) is 6.92 Å². The number of esters is 1. The summed E-state index contributed by atoms with van der Waals surface area (Å²) in [4.78, 5) is 33.7. The average Bonchev–Trinajstić information content (AvgIpc) is 3.19. The Labute approximate surface area is 136 Å². The molecule has 0 aromatic carbocycles. The lowest BCUT2D eigenvalue weighted by Crippen LogP contribution is -2.16. The summed E-state index contributed by atoms with van der Waals surface area (Å²) in [6, 6.07) is 0. The third-order valence-corrected chi connectivity index (χ3v) is 3.14. The van der Waals surface area contributed by atoms with Crippen molar-refractivity contribution in [3.63, 3.8) is 0 Å². The molecule has 1 amide bonds. The maximum Gasteiger partial charge on any atom is 0.360 e. The van der Waals surface area contributed by atoms with Crippen molar-refractivity contribution in [2.45, 2.75) is 26.4 Å². The maximum atomic E-state index is 12.0. The normalized spacial score (nSPS) is 10.4. The van der Waals surface area contributed by atoms with Gasteiger partial charge < -0.3 is 10.1 Å². The lowest BCUT2D eigenvalue weighted by Gasteiger charge is -2.04. The second kappa shape index (κ2) is 7.35. The Hall–Kier alpha value is -3.24. The Balaban J connectivity index is 2.00. The van der Waals surface area contributed by atoms with Crippen LogP contribution in [0.5, 0.6) is 0 Å². The van der Waals surface area contributed by atoms with Crippen molar-refractivity contribution in [1.82, 2.24) is 19.6 Å². The van der Waals surface area contributed by atoms with E-state index in [1.54, 1.807) is 0 Å². The molecule has 0 aliphatic heterocycles. The van der Waals surface area contributed by atoms with Gasteiger partial charge in [-0.15, -0.1) is 0 Å². The van der Waals surface area contributed by atoms with Gasteiger partial charge in [0.25, 0.3) is 0 Å². The van der Waals surface area contributed by atoms with Crippen molar-refractivity contribution >= 4 is 23.3 Å². The predicted molar refractivity (Wildman–Crippen MR) is 81.4 cm³/mol. The lowest BCUT2D eigenvalue weighted by molar-refractivity contribution is -0.385. The van der Waals surface area contributed by atoms with Crippen LogP contribution in [0.1, 0.15) is 23.8 Å².